The van der Waals surface area contributed by atoms with Crippen LogP contribution in [0.4, 0.5) is 8.78 Å². The molecule has 0 amide bonds. The Kier molecular flexibility index (Phi) is 4.88. The van der Waals surface area contributed by atoms with Crippen molar-refractivity contribution in [3.05, 3.63) is 59.8 Å². The van der Waals surface area contributed by atoms with Gasteiger partial charge >= 0.3 is 0 Å². The second kappa shape index (κ2) is 6.21. The Bertz CT molecular complexity index is 598. The third kappa shape index (κ3) is 3.16. The lowest BCUT2D eigenvalue weighted by molar-refractivity contribution is 0.0172. The lowest BCUT2D eigenvalue weighted by Gasteiger charge is -2.18. The first-order valence-corrected chi connectivity index (χ1v) is 6.05. The maximum absolute atomic E-state index is 13.8. The van der Waals surface area contributed by atoms with Gasteiger partial charge in [-0.15, -0.1) is 6.42 Å². The Morgan fingerprint density at radius 1 is 1.40 bits per heavy atom. The van der Waals surface area contributed by atoms with Crippen LogP contribution in [-0.4, -0.2) is 7.05 Å². The summed E-state index contributed by atoms with van der Waals surface area (Å²) in [5.41, 5.74) is 1.77. The van der Waals surface area contributed by atoms with Crippen LogP contribution in [0.2, 0.25) is 0 Å². The molecule has 1 aromatic rings. The van der Waals surface area contributed by atoms with Crippen molar-refractivity contribution in [1.29, 1.82) is 0 Å². The predicted octanol–water partition coefficient (Wildman–Crippen LogP) is 4.19. The smallest absolute Gasteiger partial charge is 0.271 e. The molecule has 0 atom stereocenters. The molecule has 1 rings (SSSR count). The summed E-state index contributed by atoms with van der Waals surface area (Å²) in [5.74, 6) is -0.549. The van der Waals surface area contributed by atoms with E-state index in [4.69, 9.17) is 6.42 Å². The van der Waals surface area contributed by atoms with Crippen LogP contribution in [0.1, 0.15) is 23.6 Å². The summed E-state index contributed by atoms with van der Waals surface area (Å²) >= 11 is 0. The molecule has 0 unspecified atom stereocenters. The Hall–Kier alpha value is -2.34. The van der Waals surface area contributed by atoms with E-state index < -0.39 is 5.92 Å². The molecule has 0 heterocycles. The second-order valence-electron chi connectivity index (χ2n) is 4.28. The van der Waals surface area contributed by atoms with Crippen LogP contribution in [0.25, 0.3) is 11.6 Å². The van der Waals surface area contributed by atoms with Gasteiger partial charge in [0, 0.05) is 25.1 Å². The molecule has 0 aliphatic carbocycles. The zero-order valence-electron chi connectivity index (χ0n) is 11.6. The number of benzene rings is 1. The van der Waals surface area contributed by atoms with Crippen LogP contribution in [0.3, 0.4) is 0 Å². The highest BCUT2D eigenvalue weighted by Gasteiger charge is 2.29. The number of halogens is 2. The molecule has 0 radical (unpaired) electrons. The molecule has 0 aromatic heterocycles. The van der Waals surface area contributed by atoms with Crippen LogP contribution in [0.15, 0.2) is 43.1 Å². The first-order chi connectivity index (χ1) is 9.38. The molecule has 3 heteroatoms. The van der Waals surface area contributed by atoms with Crippen LogP contribution >= 0.6 is 0 Å². The molecule has 20 heavy (non-hydrogen) atoms. The summed E-state index contributed by atoms with van der Waals surface area (Å²) in [6.07, 6.45) is 8.39. The first-order valence-electron chi connectivity index (χ1n) is 6.05. The minimum Gasteiger partial charge on any atom is -0.381 e. The Morgan fingerprint density at radius 2 is 2.05 bits per heavy atom. The van der Waals surface area contributed by atoms with Gasteiger partial charge in [-0.1, -0.05) is 43.4 Å². The van der Waals surface area contributed by atoms with Gasteiger partial charge in [0.05, 0.1) is 5.70 Å². The molecule has 1 nitrogen and oxygen atoms in total. The average Bonchev–Trinajstić information content (AvgIpc) is 2.43. The van der Waals surface area contributed by atoms with Gasteiger partial charge in [-0.05, 0) is 17.2 Å². The van der Waals surface area contributed by atoms with Crippen molar-refractivity contribution in [3.8, 4) is 12.3 Å². The highest BCUT2D eigenvalue weighted by molar-refractivity contribution is 5.81. The monoisotopic (exact) mass is 273 g/mol. The van der Waals surface area contributed by atoms with E-state index in [1.54, 1.807) is 19.2 Å². The third-order valence-corrected chi connectivity index (χ3v) is 2.91. The fraction of sp³-hybridized carbons (Fsp3) is 0.176. The van der Waals surface area contributed by atoms with E-state index in [0.717, 1.165) is 6.92 Å². The van der Waals surface area contributed by atoms with Gasteiger partial charge in [0.2, 0.25) is 0 Å². The number of allylic oxidation sites excluding steroid dienone is 3. The normalized spacial score (nSPS) is 12.2. The number of rotatable bonds is 5. The molecular weight excluding hydrogens is 256 g/mol. The molecular formula is C17H17F2N. The molecule has 1 N–H and O–H groups in total. The predicted molar refractivity (Wildman–Crippen MR) is 81.1 cm³/mol. The molecule has 104 valence electrons. The number of nitrogens with one attached hydrogen (secondary N) is 1. The molecule has 0 fully saturated rings. The fourth-order valence-corrected chi connectivity index (χ4v) is 1.92. The van der Waals surface area contributed by atoms with E-state index in [-0.39, 0.29) is 5.56 Å². The van der Waals surface area contributed by atoms with Crippen LogP contribution < -0.4 is 5.32 Å². The standard InChI is InChI=1S/C17H17F2N/c1-6-12-9-10-14(15(11-12)17(4,18)19)13(7-2)16(8-3)20-5/h3,6-7,9-11,20H,1-2H2,4-5H3/b16-13+. The van der Waals surface area contributed by atoms with E-state index in [9.17, 15) is 8.78 Å². The summed E-state index contributed by atoms with van der Waals surface area (Å²) < 4.78 is 27.7. The number of hydrogen-bond donors (Lipinski definition) is 1. The van der Waals surface area contributed by atoms with Crippen molar-refractivity contribution in [2.45, 2.75) is 12.8 Å². The van der Waals surface area contributed by atoms with Gasteiger partial charge in [0.15, 0.2) is 0 Å². The fourth-order valence-electron chi connectivity index (χ4n) is 1.92. The molecule has 0 aliphatic rings. The highest BCUT2D eigenvalue weighted by Crippen LogP contribution is 2.35. The summed E-state index contributed by atoms with van der Waals surface area (Å²) in [6.45, 7) is 8.11. The van der Waals surface area contributed by atoms with E-state index in [2.05, 4.69) is 24.4 Å². The molecule has 0 spiro atoms. The maximum Gasteiger partial charge on any atom is 0.271 e. The van der Waals surface area contributed by atoms with Crippen molar-refractivity contribution in [1.82, 2.24) is 5.32 Å². The minimum absolute atomic E-state index is 0.104. The van der Waals surface area contributed by atoms with Gasteiger partial charge in [0.25, 0.3) is 5.92 Å². The molecule has 0 saturated carbocycles. The van der Waals surface area contributed by atoms with Gasteiger partial charge in [-0.3, -0.25) is 0 Å². The summed E-state index contributed by atoms with van der Waals surface area (Å²) in [4.78, 5) is 0. The van der Waals surface area contributed by atoms with Crippen molar-refractivity contribution in [2.75, 3.05) is 7.05 Å². The number of alkyl halides is 2. The molecule has 0 saturated heterocycles. The number of hydrogen-bond acceptors (Lipinski definition) is 1. The SMILES string of the molecule is C#C/C(NC)=C(/C=C)c1ccc(C=C)cc1C(C)(F)F. The van der Waals surface area contributed by atoms with E-state index in [0.29, 0.717) is 22.4 Å². The Balaban J connectivity index is 3.68. The highest BCUT2D eigenvalue weighted by atomic mass is 19.3. The van der Waals surface area contributed by atoms with Crippen LogP contribution in [-0.2, 0) is 5.92 Å². The number of terminal acetylenes is 1. The second-order valence-corrected chi connectivity index (χ2v) is 4.28. The lowest BCUT2D eigenvalue weighted by atomic mass is 9.93. The van der Waals surface area contributed by atoms with Crippen molar-refractivity contribution in [3.63, 3.8) is 0 Å². The van der Waals surface area contributed by atoms with Crippen LogP contribution in [0, 0.1) is 12.3 Å². The summed E-state index contributed by atoms with van der Waals surface area (Å²) in [6, 6.07) is 4.73. The molecule has 0 bridgehead atoms. The zero-order chi connectivity index (χ0) is 15.3. The maximum atomic E-state index is 13.8. The molecule has 0 aliphatic heterocycles. The third-order valence-electron chi connectivity index (χ3n) is 2.91. The Morgan fingerprint density at radius 3 is 2.45 bits per heavy atom. The summed E-state index contributed by atoms with van der Waals surface area (Å²) in [7, 11) is 1.64. The van der Waals surface area contributed by atoms with Crippen molar-refractivity contribution >= 4 is 11.6 Å². The zero-order valence-corrected chi connectivity index (χ0v) is 11.6. The lowest BCUT2D eigenvalue weighted by Crippen LogP contribution is -2.13. The minimum atomic E-state index is -2.99. The topological polar surface area (TPSA) is 12.0 Å². The van der Waals surface area contributed by atoms with E-state index in [1.807, 2.05) is 0 Å². The quantitative estimate of drug-likeness (QED) is 0.626. The van der Waals surface area contributed by atoms with Gasteiger partial charge in [-0.25, -0.2) is 8.78 Å². The first kappa shape index (κ1) is 15.7. The van der Waals surface area contributed by atoms with Crippen molar-refractivity contribution in [2.24, 2.45) is 0 Å². The Labute approximate surface area is 118 Å². The van der Waals surface area contributed by atoms with Crippen molar-refractivity contribution < 1.29 is 8.78 Å². The van der Waals surface area contributed by atoms with E-state index in [1.165, 1.54) is 18.2 Å². The van der Waals surface area contributed by atoms with Gasteiger partial charge < -0.3 is 5.32 Å². The van der Waals surface area contributed by atoms with E-state index >= 15 is 0 Å². The van der Waals surface area contributed by atoms with Gasteiger partial charge in [-0.2, -0.15) is 0 Å². The van der Waals surface area contributed by atoms with Crippen LogP contribution in [0.5, 0.6) is 0 Å². The molecule has 1 aromatic carbocycles. The van der Waals surface area contributed by atoms with Gasteiger partial charge in [0.1, 0.15) is 0 Å². The average molecular weight is 273 g/mol. The largest absolute Gasteiger partial charge is 0.381 e. The summed E-state index contributed by atoms with van der Waals surface area (Å²) in [5, 5.41) is 2.82.